The van der Waals surface area contributed by atoms with Crippen molar-refractivity contribution in [2.75, 3.05) is 5.32 Å². The van der Waals surface area contributed by atoms with Crippen molar-refractivity contribution in [2.24, 2.45) is 0 Å². The van der Waals surface area contributed by atoms with Crippen LogP contribution in [0.5, 0.6) is 0 Å². The van der Waals surface area contributed by atoms with E-state index >= 15 is 0 Å². The van der Waals surface area contributed by atoms with E-state index < -0.39 is 24.1 Å². The summed E-state index contributed by atoms with van der Waals surface area (Å²) in [4.78, 5) is 15.9. The Kier molecular flexibility index (Phi) is 3.94. The Morgan fingerprint density at radius 3 is 2.71 bits per heavy atom. The second kappa shape index (κ2) is 5.27. The highest BCUT2D eigenvalue weighted by Crippen LogP contribution is 2.33. The lowest BCUT2D eigenvalue weighted by Gasteiger charge is -2.25. The molecular weight excluding hydrogens is 305 g/mol. The maximum Gasteiger partial charge on any atom is 0.417 e. The molecule has 0 fully saturated rings. The number of alkyl halides is 3. The minimum Gasteiger partial charge on any atom is -0.380 e. The van der Waals surface area contributed by atoms with Crippen molar-refractivity contribution < 1.29 is 23.1 Å². The lowest BCUT2D eigenvalue weighted by molar-refractivity contribution is -0.252. The highest BCUT2D eigenvalue weighted by molar-refractivity contribution is 7.18. The molecule has 8 heteroatoms. The van der Waals surface area contributed by atoms with Crippen LogP contribution in [-0.2, 0) is 4.79 Å². The van der Waals surface area contributed by atoms with Crippen molar-refractivity contribution in [1.82, 2.24) is 4.98 Å². The Morgan fingerprint density at radius 1 is 1.43 bits per heavy atom. The second-order valence-electron chi connectivity index (χ2n) is 4.91. The maximum atomic E-state index is 12.5. The van der Waals surface area contributed by atoms with E-state index in [-0.39, 0.29) is 0 Å². The number of benzene rings is 1. The van der Waals surface area contributed by atoms with Crippen LogP contribution in [0.25, 0.3) is 10.2 Å². The summed E-state index contributed by atoms with van der Waals surface area (Å²) < 4.78 is 38.3. The van der Waals surface area contributed by atoms with E-state index in [0.717, 1.165) is 15.2 Å². The highest BCUT2D eigenvalue weighted by Gasteiger charge is 2.50. The number of aromatic nitrogens is 1. The summed E-state index contributed by atoms with van der Waals surface area (Å²) in [6.07, 6.45) is -5.92. The van der Waals surface area contributed by atoms with Crippen LogP contribution >= 0.6 is 11.3 Å². The first-order valence-electron chi connectivity index (χ1n) is 6.05. The van der Waals surface area contributed by atoms with Gasteiger partial charge in [0.1, 0.15) is 0 Å². The Hall–Kier alpha value is -1.67. The minimum atomic E-state index is -4.86. The predicted octanol–water partition coefficient (Wildman–Crippen LogP) is 3.25. The molecule has 1 heterocycles. The molecule has 0 saturated carbocycles. The zero-order chi connectivity index (χ0) is 15.8. The number of nitrogens with one attached hydrogen (secondary N) is 1. The van der Waals surface area contributed by atoms with Gasteiger partial charge in [-0.2, -0.15) is 13.2 Å². The van der Waals surface area contributed by atoms with Gasteiger partial charge in [-0.1, -0.05) is 0 Å². The van der Waals surface area contributed by atoms with Crippen molar-refractivity contribution >= 4 is 33.1 Å². The smallest absolute Gasteiger partial charge is 0.380 e. The standard InChI is InChI=1S/C13H13F3N2O2S/c1-7-17-9-4-3-8(5-10(9)21-7)18-11(19)6-12(2,20)13(14,15)16/h3-5,20H,6H2,1-2H3,(H,18,19)/t12-/m1/s1. The zero-order valence-electron chi connectivity index (χ0n) is 11.3. The normalized spacial score (nSPS) is 15.0. The first-order valence-corrected chi connectivity index (χ1v) is 6.86. The van der Waals surface area contributed by atoms with Crippen LogP contribution in [0.3, 0.4) is 0 Å². The van der Waals surface area contributed by atoms with Crippen LogP contribution in [0.15, 0.2) is 18.2 Å². The summed E-state index contributed by atoms with van der Waals surface area (Å²) >= 11 is 1.42. The molecule has 2 N–H and O–H groups in total. The van der Waals surface area contributed by atoms with Gasteiger partial charge < -0.3 is 10.4 Å². The molecular formula is C13H13F3N2O2S. The van der Waals surface area contributed by atoms with Gasteiger partial charge in [-0.15, -0.1) is 11.3 Å². The zero-order valence-corrected chi connectivity index (χ0v) is 12.1. The van der Waals surface area contributed by atoms with Crippen LogP contribution in [-0.4, -0.2) is 27.8 Å². The number of anilines is 1. The number of carbonyl (C=O) groups excluding carboxylic acids is 1. The first-order chi connectivity index (χ1) is 9.58. The van der Waals surface area contributed by atoms with Crippen molar-refractivity contribution in [2.45, 2.75) is 32.0 Å². The van der Waals surface area contributed by atoms with Crippen molar-refractivity contribution in [3.05, 3.63) is 23.2 Å². The molecule has 1 aromatic carbocycles. The number of hydrogen-bond donors (Lipinski definition) is 2. The molecule has 1 atom stereocenters. The van der Waals surface area contributed by atoms with Crippen LogP contribution in [0.4, 0.5) is 18.9 Å². The molecule has 0 aliphatic heterocycles. The fourth-order valence-electron chi connectivity index (χ4n) is 1.74. The van der Waals surface area contributed by atoms with E-state index in [2.05, 4.69) is 10.3 Å². The molecule has 114 valence electrons. The molecule has 0 spiro atoms. The van der Waals surface area contributed by atoms with E-state index in [0.29, 0.717) is 12.6 Å². The Morgan fingerprint density at radius 2 is 2.10 bits per heavy atom. The molecule has 21 heavy (non-hydrogen) atoms. The largest absolute Gasteiger partial charge is 0.417 e. The third-order valence-corrected chi connectivity index (χ3v) is 3.83. The molecule has 2 aromatic rings. The third kappa shape index (κ3) is 3.51. The van der Waals surface area contributed by atoms with Gasteiger partial charge in [0.05, 0.1) is 21.6 Å². The summed E-state index contributed by atoms with van der Waals surface area (Å²) in [5.41, 5.74) is -1.92. The average molecular weight is 318 g/mol. The van der Waals surface area contributed by atoms with Crippen molar-refractivity contribution in [3.8, 4) is 0 Å². The summed E-state index contributed by atoms with van der Waals surface area (Å²) in [5, 5.41) is 12.5. The predicted molar refractivity (Wildman–Crippen MR) is 74.3 cm³/mol. The average Bonchev–Trinajstić information content (AvgIpc) is 2.65. The lowest BCUT2D eigenvalue weighted by atomic mass is 10.0. The van der Waals surface area contributed by atoms with E-state index in [1.165, 1.54) is 11.3 Å². The number of fused-ring (bicyclic) bond motifs is 1. The minimum absolute atomic E-state index is 0.370. The summed E-state index contributed by atoms with van der Waals surface area (Å²) in [6, 6.07) is 4.87. The number of hydrogen-bond acceptors (Lipinski definition) is 4. The summed E-state index contributed by atoms with van der Waals surface area (Å²) in [7, 11) is 0. The van der Waals surface area contributed by atoms with Crippen LogP contribution in [0, 0.1) is 6.92 Å². The van der Waals surface area contributed by atoms with Gasteiger partial charge in [-0.05, 0) is 32.0 Å². The van der Waals surface area contributed by atoms with Gasteiger partial charge in [-0.25, -0.2) is 4.98 Å². The van der Waals surface area contributed by atoms with Crippen LogP contribution in [0.2, 0.25) is 0 Å². The van der Waals surface area contributed by atoms with Gasteiger partial charge in [0.25, 0.3) is 0 Å². The molecule has 0 bridgehead atoms. The molecule has 0 aliphatic rings. The fraction of sp³-hybridized carbons (Fsp3) is 0.385. The molecule has 2 rings (SSSR count). The quantitative estimate of drug-likeness (QED) is 0.913. The second-order valence-corrected chi connectivity index (χ2v) is 6.15. The topological polar surface area (TPSA) is 62.2 Å². The molecule has 1 amide bonds. The number of thiazole rings is 1. The number of aryl methyl sites for hydroxylation is 1. The molecule has 1 aromatic heterocycles. The molecule has 0 unspecified atom stereocenters. The Bertz CT molecular complexity index is 680. The number of rotatable bonds is 3. The first kappa shape index (κ1) is 15.7. The number of carbonyl (C=O) groups is 1. The highest BCUT2D eigenvalue weighted by atomic mass is 32.1. The lowest BCUT2D eigenvalue weighted by Crippen LogP contribution is -2.44. The number of aliphatic hydroxyl groups is 1. The van der Waals surface area contributed by atoms with E-state index in [1.807, 2.05) is 6.92 Å². The monoisotopic (exact) mass is 318 g/mol. The van der Waals surface area contributed by atoms with E-state index in [9.17, 15) is 23.1 Å². The summed E-state index contributed by atoms with van der Waals surface area (Å²) in [6.45, 7) is 2.41. The van der Waals surface area contributed by atoms with Gasteiger partial charge in [-0.3, -0.25) is 4.79 Å². The SMILES string of the molecule is Cc1nc2ccc(NC(=O)C[C@@](C)(O)C(F)(F)F)cc2s1. The maximum absolute atomic E-state index is 12.5. The van der Waals surface area contributed by atoms with Crippen molar-refractivity contribution in [3.63, 3.8) is 0 Å². The summed E-state index contributed by atoms with van der Waals surface area (Å²) in [5.74, 6) is -0.905. The van der Waals surface area contributed by atoms with Gasteiger partial charge >= 0.3 is 6.18 Å². The number of nitrogens with zero attached hydrogens (tertiary/aromatic N) is 1. The van der Waals surface area contributed by atoms with Crippen LogP contribution in [0.1, 0.15) is 18.4 Å². The Balaban J connectivity index is 2.11. The number of halogens is 3. The molecule has 4 nitrogen and oxygen atoms in total. The van der Waals surface area contributed by atoms with Crippen molar-refractivity contribution in [1.29, 1.82) is 0 Å². The number of amides is 1. The van der Waals surface area contributed by atoms with Crippen LogP contribution < -0.4 is 5.32 Å². The van der Waals surface area contributed by atoms with E-state index in [1.54, 1.807) is 18.2 Å². The fourth-order valence-corrected chi connectivity index (χ4v) is 2.60. The molecule has 0 radical (unpaired) electrons. The van der Waals surface area contributed by atoms with E-state index in [4.69, 9.17) is 0 Å². The molecule has 0 saturated heterocycles. The van der Waals surface area contributed by atoms with Gasteiger partial charge in [0.15, 0.2) is 5.60 Å². The third-order valence-electron chi connectivity index (χ3n) is 2.89. The molecule has 0 aliphatic carbocycles. The van der Waals surface area contributed by atoms with Gasteiger partial charge in [0, 0.05) is 5.69 Å². The Labute approximate surface area is 122 Å². The van der Waals surface area contributed by atoms with Gasteiger partial charge in [0.2, 0.25) is 5.91 Å².